The van der Waals surface area contributed by atoms with Crippen molar-refractivity contribution >= 4 is 40.9 Å². The number of hydrogen-bond acceptors (Lipinski definition) is 3. The summed E-state index contributed by atoms with van der Waals surface area (Å²) in [4.78, 5) is 6.36. The average Bonchev–Trinajstić information content (AvgIpc) is 3.20. The number of nitrogens with zero attached hydrogens (tertiary/aromatic N) is 2. The first-order valence-corrected chi connectivity index (χ1v) is 7.68. The fourth-order valence-electron chi connectivity index (χ4n) is 2.56. The van der Waals surface area contributed by atoms with Crippen LogP contribution in [0.5, 0.6) is 0 Å². The Morgan fingerprint density at radius 3 is 2.71 bits per heavy atom. The molecule has 0 unspecified atom stereocenters. The van der Waals surface area contributed by atoms with E-state index in [9.17, 15) is 0 Å². The number of furan rings is 2. The van der Waals surface area contributed by atoms with Crippen molar-refractivity contribution in [2.45, 2.75) is 13.0 Å². The Kier molecular flexibility index (Phi) is 6.72. The summed E-state index contributed by atoms with van der Waals surface area (Å²) in [7, 11) is 3.78. The van der Waals surface area contributed by atoms with E-state index in [4.69, 9.17) is 8.83 Å². The largest absolute Gasteiger partial charge is 0.469 e. The van der Waals surface area contributed by atoms with Gasteiger partial charge in [0.05, 0.1) is 12.8 Å². The lowest BCUT2D eigenvalue weighted by Crippen LogP contribution is -2.39. The van der Waals surface area contributed by atoms with Gasteiger partial charge in [0.2, 0.25) is 0 Å². The Morgan fingerprint density at radius 1 is 1.17 bits per heavy atom. The Balaban J connectivity index is 0.00000208. The lowest BCUT2D eigenvalue weighted by Gasteiger charge is -2.20. The molecule has 2 heterocycles. The SMILES string of the molecule is CN=C(NCCc1ccco1)N(C)Cc1cc2ccccc2o1.I. The summed E-state index contributed by atoms with van der Waals surface area (Å²) in [6, 6.07) is 14.0. The van der Waals surface area contributed by atoms with Crippen LogP contribution in [-0.4, -0.2) is 31.5 Å². The van der Waals surface area contributed by atoms with Gasteiger partial charge in [0.25, 0.3) is 0 Å². The number of nitrogens with one attached hydrogen (secondary N) is 1. The van der Waals surface area contributed by atoms with Gasteiger partial charge in [0, 0.05) is 32.4 Å². The molecule has 128 valence electrons. The van der Waals surface area contributed by atoms with E-state index >= 15 is 0 Å². The Bertz CT molecular complexity index is 748. The third kappa shape index (κ3) is 4.53. The number of aliphatic imine (C=N–C) groups is 1. The molecule has 0 saturated heterocycles. The van der Waals surface area contributed by atoms with Crippen LogP contribution in [0.2, 0.25) is 0 Å². The van der Waals surface area contributed by atoms with E-state index in [-0.39, 0.29) is 24.0 Å². The number of hydrogen-bond donors (Lipinski definition) is 1. The van der Waals surface area contributed by atoms with Gasteiger partial charge in [-0.05, 0) is 24.3 Å². The minimum atomic E-state index is 0. The maximum atomic E-state index is 5.86. The first kappa shape index (κ1) is 18.4. The van der Waals surface area contributed by atoms with Gasteiger partial charge in [-0.25, -0.2) is 0 Å². The Morgan fingerprint density at radius 2 is 2.00 bits per heavy atom. The van der Waals surface area contributed by atoms with Gasteiger partial charge in [0.15, 0.2) is 5.96 Å². The van der Waals surface area contributed by atoms with Gasteiger partial charge in [-0.2, -0.15) is 0 Å². The molecule has 0 bridgehead atoms. The van der Waals surface area contributed by atoms with Crippen LogP contribution < -0.4 is 5.32 Å². The summed E-state index contributed by atoms with van der Waals surface area (Å²) < 4.78 is 11.2. The molecule has 0 aliphatic rings. The summed E-state index contributed by atoms with van der Waals surface area (Å²) in [6.45, 7) is 1.43. The van der Waals surface area contributed by atoms with Crippen molar-refractivity contribution < 1.29 is 8.83 Å². The van der Waals surface area contributed by atoms with E-state index in [0.29, 0.717) is 6.54 Å². The second-order valence-electron chi connectivity index (χ2n) is 5.41. The minimum absolute atomic E-state index is 0. The maximum absolute atomic E-state index is 5.86. The standard InChI is InChI=1S/C18H21N3O2.HI/c1-19-18(20-10-9-15-7-5-11-22-15)21(2)13-16-12-14-6-3-4-8-17(14)23-16;/h3-8,11-12H,9-10,13H2,1-2H3,(H,19,20);1H. The first-order chi connectivity index (χ1) is 11.3. The highest BCUT2D eigenvalue weighted by Crippen LogP contribution is 2.19. The van der Waals surface area contributed by atoms with Gasteiger partial charge in [-0.3, -0.25) is 4.99 Å². The highest BCUT2D eigenvalue weighted by Gasteiger charge is 2.10. The normalized spacial score (nSPS) is 11.3. The predicted molar refractivity (Wildman–Crippen MR) is 107 cm³/mol. The van der Waals surface area contributed by atoms with Crippen LogP contribution in [0, 0.1) is 0 Å². The summed E-state index contributed by atoms with van der Waals surface area (Å²) >= 11 is 0. The van der Waals surface area contributed by atoms with Crippen molar-refractivity contribution in [2.75, 3.05) is 20.6 Å². The molecule has 5 nitrogen and oxygen atoms in total. The third-order valence-electron chi connectivity index (χ3n) is 3.68. The Labute approximate surface area is 158 Å². The lowest BCUT2D eigenvalue weighted by atomic mass is 10.2. The molecule has 24 heavy (non-hydrogen) atoms. The van der Waals surface area contributed by atoms with Crippen LogP contribution in [-0.2, 0) is 13.0 Å². The van der Waals surface area contributed by atoms with E-state index < -0.39 is 0 Å². The zero-order chi connectivity index (χ0) is 16.1. The summed E-state index contributed by atoms with van der Waals surface area (Å²) in [5, 5.41) is 4.46. The van der Waals surface area contributed by atoms with E-state index in [1.807, 2.05) is 42.3 Å². The average molecular weight is 439 g/mol. The van der Waals surface area contributed by atoms with Gasteiger partial charge in [-0.1, -0.05) is 18.2 Å². The molecule has 0 amide bonds. The molecule has 0 radical (unpaired) electrons. The highest BCUT2D eigenvalue weighted by molar-refractivity contribution is 14.0. The van der Waals surface area contributed by atoms with Crippen LogP contribution >= 0.6 is 24.0 Å². The molecule has 0 spiro atoms. The lowest BCUT2D eigenvalue weighted by molar-refractivity contribution is 0.411. The van der Waals surface area contributed by atoms with Crippen molar-refractivity contribution in [1.29, 1.82) is 0 Å². The van der Waals surface area contributed by atoms with Crippen molar-refractivity contribution in [3.8, 4) is 0 Å². The molecule has 0 aliphatic carbocycles. The van der Waals surface area contributed by atoms with Crippen LogP contribution in [0.15, 0.2) is 62.6 Å². The van der Waals surface area contributed by atoms with Gasteiger partial charge < -0.3 is 19.1 Å². The number of rotatable bonds is 5. The van der Waals surface area contributed by atoms with Crippen LogP contribution in [0.1, 0.15) is 11.5 Å². The van der Waals surface area contributed by atoms with Crippen molar-refractivity contribution in [1.82, 2.24) is 10.2 Å². The number of guanidine groups is 1. The smallest absolute Gasteiger partial charge is 0.193 e. The van der Waals surface area contributed by atoms with E-state index in [1.54, 1.807) is 13.3 Å². The minimum Gasteiger partial charge on any atom is -0.469 e. The van der Waals surface area contributed by atoms with E-state index in [1.165, 1.54) is 0 Å². The van der Waals surface area contributed by atoms with E-state index in [2.05, 4.69) is 22.4 Å². The van der Waals surface area contributed by atoms with Gasteiger partial charge in [-0.15, -0.1) is 24.0 Å². The number of halogens is 1. The summed E-state index contributed by atoms with van der Waals surface area (Å²) in [5.41, 5.74) is 0.914. The van der Waals surface area contributed by atoms with Crippen molar-refractivity contribution in [2.24, 2.45) is 4.99 Å². The molecule has 1 N–H and O–H groups in total. The fourth-order valence-corrected chi connectivity index (χ4v) is 2.56. The monoisotopic (exact) mass is 439 g/mol. The molecular weight excluding hydrogens is 417 g/mol. The molecule has 0 aliphatic heterocycles. The predicted octanol–water partition coefficient (Wildman–Crippen LogP) is 3.89. The topological polar surface area (TPSA) is 53.9 Å². The van der Waals surface area contributed by atoms with Gasteiger partial charge >= 0.3 is 0 Å². The summed E-state index contributed by atoms with van der Waals surface area (Å²) in [5.74, 6) is 2.72. The molecule has 1 aromatic carbocycles. The molecule has 0 fully saturated rings. The van der Waals surface area contributed by atoms with E-state index in [0.717, 1.165) is 41.4 Å². The second-order valence-corrected chi connectivity index (χ2v) is 5.41. The zero-order valence-corrected chi connectivity index (χ0v) is 16.2. The molecular formula is C18H22IN3O2. The quantitative estimate of drug-likeness (QED) is 0.372. The van der Waals surface area contributed by atoms with Crippen LogP contribution in [0.3, 0.4) is 0 Å². The maximum Gasteiger partial charge on any atom is 0.193 e. The van der Waals surface area contributed by atoms with Gasteiger partial charge in [0.1, 0.15) is 17.1 Å². The molecule has 2 aromatic heterocycles. The van der Waals surface area contributed by atoms with Crippen LogP contribution in [0.4, 0.5) is 0 Å². The molecule has 3 aromatic rings. The Hall–Kier alpha value is -1.96. The third-order valence-corrected chi connectivity index (χ3v) is 3.68. The molecule has 3 rings (SSSR count). The van der Waals surface area contributed by atoms with Crippen molar-refractivity contribution in [3.05, 3.63) is 60.2 Å². The fraction of sp³-hybridized carbons (Fsp3) is 0.278. The zero-order valence-electron chi connectivity index (χ0n) is 13.9. The second kappa shape index (κ2) is 8.77. The molecule has 6 heteroatoms. The molecule has 0 atom stereocenters. The summed E-state index contributed by atoms with van der Waals surface area (Å²) in [6.07, 6.45) is 2.52. The first-order valence-electron chi connectivity index (χ1n) is 7.68. The molecule has 0 saturated carbocycles. The highest BCUT2D eigenvalue weighted by atomic mass is 127. The van der Waals surface area contributed by atoms with Crippen LogP contribution in [0.25, 0.3) is 11.0 Å². The number of benzene rings is 1. The number of fused-ring (bicyclic) bond motifs is 1. The number of para-hydroxylation sites is 1. The van der Waals surface area contributed by atoms with Crippen molar-refractivity contribution in [3.63, 3.8) is 0 Å².